The molecule has 6 heterocycles. The van der Waals surface area contributed by atoms with Crippen molar-refractivity contribution in [1.29, 1.82) is 0 Å². The maximum Gasteiger partial charge on any atom is 0.407 e. The molecule has 1 aromatic carbocycles. The zero-order chi connectivity index (χ0) is 39.7. The van der Waals surface area contributed by atoms with Crippen LogP contribution in [0.2, 0.25) is 0 Å². The monoisotopic (exact) mass is 798 g/mol. The summed E-state index contributed by atoms with van der Waals surface area (Å²) >= 11 is 3.38. The highest BCUT2D eigenvalue weighted by molar-refractivity contribution is 7.27. The maximum atomic E-state index is 13.6. The number of fused-ring (bicyclic) bond motifs is 1. The summed E-state index contributed by atoms with van der Waals surface area (Å²) in [4.78, 5) is 70.9. The lowest BCUT2D eigenvalue weighted by Crippen LogP contribution is -2.51. The number of carbonyl (C=O) groups is 4. The van der Waals surface area contributed by atoms with Gasteiger partial charge in [0.25, 0.3) is 0 Å². The number of likely N-dealkylation sites (tertiary alicyclic amines) is 1. The third-order valence-electron chi connectivity index (χ3n) is 10.4. The topological polar surface area (TPSA) is 175 Å². The Morgan fingerprint density at radius 1 is 0.768 bits per heavy atom. The summed E-state index contributed by atoms with van der Waals surface area (Å²) < 4.78 is 11.9. The third kappa shape index (κ3) is 7.54. The Hall–Kier alpha value is -5.48. The number of imidazole rings is 2. The van der Waals surface area contributed by atoms with E-state index in [1.165, 1.54) is 18.9 Å². The number of nitrogens with zero attached hydrogens (tertiary/aromatic N) is 4. The van der Waals surface area contributed by atoms with Crippen LogP contribution in [-0.4, -0.2) is 93.1 Å². The fourth-order valence-electron chi connectivity index (χ4n) is 7.37. The molecule has 0 spiro atoms. The van der Waals surface area contributed by atoms with Gasteiger partial charge in [0.15, 0.2) is 0 Å². The molecule has 56 heavy (non-hydrogen) atoms. The lowest BCUT2D eigenvalue weighted by atomic mass is 10.0. The minimum absolute atomic E-state index is 0.108. The van der Waals surface area contributed by atoms with Crippen molar-refractivity contribution in [3.8, 4) is 33.6 Å². The summed E-state index contributed by atoms with van der Waals surface area (Å²) in [5.74, 6) is 0.797. The van der Waals surface area contributed by atoms with E-state index in [4.69, 9.17) is 14.5 Å². The molecule has 0 bridgehead atoms. The van der Waals surface area contributed by atoms with E-state index in [0.29, 0.717) is 18.9 Å². The molecule has 294 valence electrons. The number of rotatable bonds is 11. The quantitative estimate of drug-likeness (QED) is 0.101. The fourth-order valence-corrected chi connectivity index (χ4v) is 9.81. The van der Waals surface area contributed by atoms with E-state index in [9.17, 15) is 19.2 Å². The summed E-state index contributed by atoms with van der Waals surface area (Å²) in [6.45, 7) is 8.58. The molecule has 4 aromatic heterocycles. The first-order valence-corrected chi connectivity index (χ1v) is 20.4. The van der Waals surface area contributed by atoms with Crippen molar-refractivity contribution in [2.75, 3.05) is 27.3 Å². The Bertz CT molecular complexity index is 2250. The SMILES string of the molecule is COC(=O)NC(C(=O)N1CC=C[C@H]1c1ncc(-c2ccc(-c3csc4c(-c5cnc([C@@H]6CCCN6C(=O)C(NC(=O)OC)C(C)C)[nH]5)csc34)cc2)[nH]1)C(C)C. The molecule has 14 nitrogen and oxygen atoms in total. The molecule has 0 saturated carbocycles. The molecule has 2 aliphatic rings. The number of hydrogen-bond acceptors (Lipinski definition) is 10. The van der Waals surface area contributed by atoms with Gasteiger partial charge in [-0.15, -0.1) is 22.7 Å². The standard InChI is InChI=1S/C40H46N8O6S2/c1-21(2)31(45-39(51)53-5)37(49)47-15-7-9-29(47)35-41-17-27(43-35)24-13-11-23(12-14-24)25-19-55-34-26(20-56-33(25)34)28-18-42-36(44-28)30-10-8-16-48(30)38(50)32(22(3)4)46-40(52)54-6/h7,9,11-14,17-22,29-32H,8,10,15-16H2,1-6H3,(H,41,43)(H,42,44)(H,45,51)(H,46,52)/t29-,30-,31?,32?/m0/s1. The van der Waals surface area contributed by atoms with Crippen LogP contribution in [-0.2, 0) is 19.1 Å². The van der Waals surface area contributed by atoms with Crippen LogP contribution in [0.4, 0.5) is 9.59 Å². The van der Waals surface area contributed by atoms with Crippen LogP contribution in [0.5, 0.6) is 0 Å². The Kier molecular flexibility index (Phi) is 11.3. The highest BCUT2D eigenvalue weighted by atomic mass is 32.1. The number of ether oxygens (including phenoxy) is 2. The van der Waals surface area contributed by atoms with Gasteiger partial charge < -0.3 is 39.9 Å². The number of alkyl carbamates (subject to hydrolysis) is 2. The number of H-pyrrole nitrogens is 2. The van der Waals surface area contributed by atoms with E-state index >= 15 is 0 Å². The van der Waals surface area contributed by atoms with Crippen LogP contribution in [0.3, 0.4) is 0 Å². The van der Waals surface area contributed by atoms with Crippen molar-refractivity contribution in [2.24, 2.45) is 11.8 Å². The fraction of sp³-hybridized carbons (Fsp3) is 0.400. The first-order valence-electron chi connectivity index (χ1n) is 18.6. The number of hydrogen-bond donors (Lipinski definition) is 4. The molecule has 1 fully saturated rings. The third-order valence-corrected chi connectivity index (χ3v) is 12.6. The van der Waals surface area contributed by atoms with Crippen molar-refractivity contribution >= 4 is 56.1 Å². The second-order valence-corrected chi connectivity index (χ2v) is 16.4. The molecule has 16 heteroatoms. The van der Waals surface area contributed by atoms with E-state index in [1.54, 1.807) is 33.8 Å². The van der Waals surface area contributed by atoms with Gasteiger partial charge in [-0.25, -0.2) is 19.6 Å². The summed E-state index contributed by atoms with van der Waals surface area (Å²) in [7, 11) is 2.57. The first-order chi connectivity index (χ1) is 27.0. The van der Waals surface area contributed by atoms with Crippen molar-refractivity contribution in [3.63, 3.8) is 0 Å². The zero-order valence-electron chi connectivity index (χ0n) is 32.1. The molecular weight excluding hydrogens is 753 g/mol. The normalized spacial score (nSPS) is 17.9. The second kappa shape index (κ2) is 16.3. The average molecular weight is 799 g/mol. The number of thiophene rings is 2. The van der Waals surface area contributed by atoms with Crippen LogP contribution < -0.4 is 10.6 Å². The number of carbonyl (C=O) groups excluding carboxylic acids is 4. The van der Waals surface area contributed by atoms with Crippen molar-refractivity contribution in [2.45, 2.75) is 64.7 Å². The largest absolute Gasteiger partial charge is 0.453 e. The number of amides is 4. The molecule has 4 N–H and O–H groups in total. The predicted octanol–water partition coefficient (Wildman–Crippen LogP) is 7.27. The maximum absolute atomic E-state index is 13.6. The van der Waals surface area contributed by atoms with E-state index in [2.05, 4.69) is 60.6 Å². The number of nitrogens with one attached hydrogen (secondary N) is 4. The Balaban J connectivity index is 1.05. The molecule has 2 unspecified atom stereocenters. The van der Waals surface area contributed by atoms with E-state index in [0.717, 1.165) is 57.0 Å². The summed E-state index contributed by atoms with van der Waals surface area (Å²) in [6, 6.07) is 6.32. The van der Waals surface area contributed by atoms with Gasteiger partial charge in [0.1, 0.15) is 29.8 Å². The molecular formula is C40H46N8O6S2. The average Bonchev–Trinajstić information content (AvgIpc) is 4.04. The molecule has 0 radical (unpaired) electrons. The number of aromatic nitrogens is 4. The summed E-state index contributed by atoms with van der Waals surface area (Å²) in [6.07, 6.45) is 7.86. The van der Waals surface area contributed by atoms with E-state index in [-0.39, 0.29) is 35.7 Å². The number of methoxy groups -OCH3 is 2. The van der Waals surface area contributed by atoms with Gasteiger partial charge in [-0.3, -0.25) is 9.59 Å². The van der Waals surface area contributed by atoms with Gasteiger partial charge in [0, 0.05) is 35.0 Å². The molecule has 1 saturated heterocycles. The number of benzene rings is 1. The highest BCUT2D eigenvalue weighted by Gasteiger charge is 2.38. The van der Waals surface area contributed by atoms with E-state index < -0.39 is 24.3 Å². The predicted molar refractivity (Wildman–Crippen MR) is 216 cm³/mol. The smallest absolute Gasteiger partial charge is 0.407 e. The van der Waals surface area contributed by atoms with E-state index in [1.807, 2.05) is 50.9 Å². The lowest BCUT2D eigenvalue weighted by Gasteiger charge is -2.30. The molecule has 4 atom stereocenters. The summed E-state index contributed by atoms with van der Waals surface area (Å²) in [5.41, 5.74) is 6.00. The summed E-state index contributed by atoms with van der Waals surface area (Å²) in [5, 5.41) is 9.71. The van der Waals surface area contributed by atoms with Crippen LogP contribution in [0, 0.1) is 11.8 Å². The van der Waals surface area contributed by atoms with Gasteiger partial charge in [0.05, 0.1) is 53.4 Å². The second-order valence-electron chi connectivity index (χ2n) is 14.7. The van der Waals surface area contributed by atoms with Gasteiger partial charge in [0.2, 0.25) is 11.8 Å². The first kappa shape index (κ1) is 38.8. The van der Waals surface area contributed by atoms with Gasteiger partial charge in [-0.1, -0.05) is 64.1 Å². The van der Waals surface area contributed by atoms with Crippen LogP contribution in [0.25, 0.3) is 43.0 Å². The van der Waals surface area contributed by atoms with Crippen LogP contribution >= 0.6 is 22.7 Å². The van der Waals surface area contributed by atoms with Gasteiger partial charge >= 0.3 is 12.2 Å². The molecule has 7 rings (SSSR count). The van der Waals surface area contributed by atoms with Crippen molar-refractivity contribution in [3.05, 3.63) is 71.2 Å². The van der Waals surface area contributed by atoms with Crippen molar-refractivity contribution < 1.29 is 28.7 Å². The minimum Gasteiger partial charge on any atom is -0.453 e. The molecule has 2 aliphatic heterocycles. The minimum atomic E-state index is -0.728. The lowest BCUT2D eigenvalue weighted by molar-refractivity contribution is -0.136. The Morgan fingerprint density at radius 2 is 1.32 bits per heavy atom. The Labute approximate surface area is 332 Å². The zero-order valence-corrected chi connectivity index (χ0v) is 33.8. The van der Waals surface area contributed by atoms with Gasteiger partial charge in [-0.2, -0.15) is 0 Å². The van der Waals surface area contributed by atoms with Gasteiger partial charge in [-0.05, 0) is 35.8 Å². The Morgan fingerprint density at radius 3 is 1.96 bits per heavy atom. The molecule has 4 amide bonds. The van der Waals surface area contributed by atoms with Crippen LogP contribution in [0.1, 0.15) is 64.3 Å². The highest BCUT2D eigenvalue weighted by Crippen LogP contribution is 2.44. The van der Waals surface area contributed by atoms with Crippen LogP contribution in [0.15, 0.2) is 59.6 Å². The molecule has 5 aromatic rings. The molecule has 0 aliphatic carbocycles. The van der Waals surface area contributed by atoms with Crippen molar-refractivity contribution in [1.82, 2.24) is 40.4 Å². The number of aromatic amines is 2.